The zero-order valence-electron chi connectivity index (χ0n) is 19.5. The molecule has 0 saturated carbocycles. The molecule has 1 saturated heterocycles. The third-order valence-corrected chi connectivity index (χ3v) is 7.57. The Balaban J connectivity index is 2.02. The van der Waals surface area contributed by atoms with Crippen LogP contribution in [0.15, 0.2) is 41.3 Å². The van der Waals surface area contributed by atoms with Crippen molar-refractivity contribution >= 4 is 27.3 Å². The number of hydrogen-bond acceptors (Lipinski definition) is 7. The van der Waals surface area contributed by atoms with Crippen LogP contribution in [0.3, 0.4) is 0 Å². The summed E-state index contributed by atoms with van der Waals surface area (Å²) in [6.45, 7) is 6.69. The first-order valence-corrected chi connectivity index (χ1v) is 12.3. The Labute approximate surface area is 195 Å². The van der Waals surface area contributed by atoms with E-state index in [0.29, 0.717) is 62.1 Å². The monoisotopic (exact) mass is 477 g/mol. The van der Waals surface area contributed by atoms with Gasteiger partial charge < -0.3 is 24.4 Å². The minimum absolute atomic E-state index is 0.127. The molecule has 1 aliphatic rings. The summed E-state index contributed by atoms with van der Waals surface area (Å²) >= 11 is 0. The van der Waals surface area contributed by atoms with Crippen molar-refractivity contribution in [3.63, 3.8) is 0 Å². The van der Waals surface area contributed by atoms with E-state index in [2.05, 4.69) is 10.2 Å². The summed E-state index contributed by atoms with van der Waals surface area (Å²) < 4.78 is 43.6. The van der Waals surface area contributed by atoms with Crippen molar-refractivity contribution < 1.29 is 27.4 Å². The summed E-state index contributed by atoms with van der Waals surface area (Å²) in [6.07, 6.45) is 0. The van der Waals surface area contributed by atoms with Gasteiger partial charge in [0.1, 0.15) is 11.5 Å². The Bertz CT molecular complexity index is 1060. The molecule has 1 aliphatic heterocycles. The van der Waals surface area contributed by atoms with Crippen LogP contribution in [0.5, 0.6) is 11.5 Å². The number of morpholine rings is 1. The summed E-state index contributed by atoms with van der Waals surface area (Å²) in [4.78, 5) is 15.4. The maximum Gasteiger partial charge on any atom is 0.255 e. The number of methoxy groups -OCH3 is 2. The molecule has 0 radical (unpaired) electrons. The molecule has 1 N–H and O–H groups in total. The maximum absolute atomic E-state index is 13.2. The summed E-state index contributed by atoms with van der Waals surface area (Å²) in [6, 6.07) is 9.72. The molecule has 0 bridgehead atoms. The Hall–Kier alpha value is -2.82. The fourth-order valence-electron chi connectivity index (χ4n) is 3.70. The third kappa shape index (κ3) is 5.58. The normalized spacial score (nSPS) is 14.3. The molecule has 0 unspecified atom stereocenters. The molecule has 1 fully saturated rings. The fraction of sp³-hybridized carbons (Fsp3) is 0.435. The van der Waals surface area contributed by atoms with Crippen LogP contribution in [0, 0.1) is 0 Å². The number of carbonyl (C=O) groups excluding carboxylic acids is 1. The van der Waals surface area contributed by atoms with Crippen molar-refractivity contribution in [2.75, 3.05) is 63.8 Å². The third-order valence-electron chi connectivity index (χ3n) is 5.52. The van der Waals surface area contributed by atoms with Crippen LogP contribution in [-0.4, -0.2) is 72.2 Å². The number of carbonyl (C=O) groups is 1. The molecule has 0 aromatic heterocycles. The Morgan fingerprint density at radius 2 is 1.64 bits per heavy atom. The number of anilines is 2. The van der Waals surface area contributed by atoms with Gasteiger partial charge in [0.05, 0.1) is 43.7 Å². The number of sulfonamides is 1. The fourth-order valence-corrected chi connectivity index (χ4v) is 5.19. The first-order valence-electron chi connectivity index (χ1n) is 10.8. The van der Waals surface area contributed by atoms with Gasteiger partial charge in [-0.15, -0.1) is 0 Å². The molecule has 1 amide bonds. The Morgan fingerprint density at radius 3 is 2.18 bits per heavy atom. The number of rotatable bonds is 9. The summed E-state index contributed by atoms with van der Waals surface area (Å²) in [7, 11) is -0.677. The van der Waals surface area contributed by atoms with Gasteiger partial charge in [-0.3, -0.25) is 4.79 Å². The van der Waals surface area contributed by atoms with Crippen LogP contribution >= 0.6 is 0 Å². The number of benzene rings is 2. The standard InChI is InChI=1S/C23H31N3O6S/c1-5-26(6-2)33(28,29)20-7-8-22(25-9-11-32-12-10-25)21(16-20)24-23(27)17-13-18(30-3)15-19(14-17)31-4/h7-8,13-16H,5-6,9-12H2,1-4H3,(H,24,27). The minimum atomic E-state index is -3.69. The lowest BCUT2D eigenvalue weighted by atomic mass is 10.1. The highest BCUT2D eigenvalue weighted by Crippen LogP contribution is 2.32. The van der Waals surface area contributed by atoms with E-state index in [-0.39, 0.29) is 4.90 Å². The van der Waals surface area contributed by atoms with Crippen molar-refractivity contribution in [1.82, 2.24) is 4.31 Å². The van der Waals surface area contributed by atoms with Gasteiger partial charge in [0.25, 0.3) is 5.91 Å². The molecule has 9 nitrogen and oxygen atoms in total. The summed E-state index contributed by atoms with van der Waals surface area (Å²) in [5, 5.41) is 2.90. The molecule has 1 heterocycles. The quantitative estimate of drug-likeness (QED) is 0.593. The second kappa shape index (κ2) is 10.9. The van der Waals surface area contributed by atoms with E-state index in [4.69, 9.17) is 14.2 Å². The molecule has 2 aromatic rings. The molecular weight excluding hydrogens is 446 g/mol. The zero-order valence-corrected chi connectivity index (χ0v) is 20.3. The van der Waals surface area contributed by atoms with E-state index in [1.165, 1.54) is 24.6 Å². The largest absolute Gasteiger partial charge is 0.497 e. The van der Waals surface area contributed by atoms with Crippen molar-refractivity contribution in [1.29, 1.82) is 0 Å². The van der Waals surface area contributed by atoms with Crippen LogP contribution in [0.1, 0.15) is 24.2 Å². The first kappa shape index (κ1) is 24.8. The van der Waals surface area contributed by atoms with E-state index in [0.717, 1.165) is 5.69 Å². The minimum Gasteiger partial charge on any atom is -0.497 e. The maximum atomic E-state index is 13.2. The number of nitrogens with zero attached hydrogens (tertiary/aromatic N) is 2. The Morgan fingerprint density at radius 1 is 1.03 bits per heavy atom. The molecule has 10 heteroatoms. The predicted octanol–water partition coefficient (Wildman–Crippen LogP) is 2.82. The number of hydrogen-bond donors (Lipinski definition) is 1. The highest BCUT2D eigenvalue weighted by atomic mass is 32.2. The molecular formula is C23H31N3O6S. The van der Waals surface area contributed by atoms with Crippen LogP contribution in [0.2, 0.25) is 0 Å². The highest BCUT2D eigenvalue weighted by Gasteiger charge is 2.25. The van der Waals surface area contributed by atoms with Gasteiger partial charge in [0, 0.05) is 37.8 Å². The van der Waals surface area contributed by atoms with E-state index in [9.17, 15) is 13.2 Å². The summed E-state index contributed by atoms with van der Waals surface area (Å²) in [5.41, 5.74) is 1.48. The number of ether oxygens (including phenoxy) is 3. The lowest BCUT2D eigenvalue weighted by molar-refractivity contribution is 0.102. The van der Waals surface area contributed by atoms with Crippen molar-refractivity contribution in [3.8, 4) is 11.5 Å². The topological polar surface area (TPSA) is 97.4 Å². The molecule has 180 valence electrons. The van der Waals surface area contributed by atoms with Crippen molar-refractivity contribution in [2.45, 2.75) is 18.7 Å². The Kier molecular flexibility index (Phi) is 8.17. The van der Waals surface area contributed by atoms with Crippen molar-refractivity contribution in [3.05, 3.63) is 42.0 Å². The van der Waals surface area contributed by atoms with Gasteiger partial charge in [-0.2, -0.15) is 4.31 Å². The second-order valence-corrected chi connectivity index (χ2v) is 9.36. The van der Waals surface area contributed by atoms with Gasteiger partial charge in [0.15, 0.2) is 0 Å². The molecule has 0 spiro atoms. The zero-order chi connectivity index (χ0) is 24.0. The van der Waals surface area contributed by atoms with Crippen LogP contribution < -0.4 is 19.7 Å². The van der Waals surface area contributed by atoms with Crippen LogP contribution in [-0.2, 0) is 14.8 Å². The lowest BCUT2D eigenvalue weighted by Gasteiger charge is -2.31. The second-order valence-electron chi connectivity index (χ2n) is 7.42. The SMILES string of the molecule is CCN(CC)S(=O)(=O)c1ccc(N2CCOCC2)c(NC(=O)c2cc(OC)cc(OC)c2)c1. The predicted molar refractivity (Wildman–Crippen MR) is 127 cm³/mol. The van der Waals surface area contributed by atoms with Gasteiger partial charge in [0.2, 0.25) is 10.0 Å². The summed E-state index contributed by atoms with van der Waals surface area (Å²) in [5.74, 6) is 0.552. The van der Waals surface area contributed by atoms with Gasteiger partial charge in [-0.05, 0) is 30.3 Å². The average Bonchev–Trinajstić information content (AvgIpc) is 2.84. The van der Waals surface area contributed by atoms with Crippen molar-refractivity contribution in [2.24, 2.45) is 0 Å². The van der Waals surface area contributed by atoms with Gasteiger partial charge >= 0.3 is 0 Å². The lowest BCUT2D eigenvalue weighted by Crippen LogP contribution is -2.37. The van der Waals surface area contributed by atoms with E-state index >= 15 is 0 Å². The molecule has 0 atom stereocenters. The van der Waals surface area contributed by atoms with Gasteiger partial charge in [-0.25, -0.2) is 8.42 Å². The smallest absolute Gasteiger partial charge is 0.255 e. The van der Waals surface area contributed by atoms with Gasteiger partial charge in [-0.1, -0.05) is 13.8 Å². The van der Waals surface area contributed by atoms with Crippen LogP contribution in [0.4, 0.5) is 11.4 Å². The number of amides is 1. The molecule has 3 rings (SSSR count). The number of nitrogens with one attached hydrogen (secondary N) is 1. The van der Waals surface area contributed by atoms with E-state index in [1.807, 2.05) is 0 Å². The average molecular weight is 478 g/mol. The molecule has 33 heavy (non-hydrogen) atoms. The van der Waals surface area contributed by atoms with Crippen LogP contribution in [0.25, 0.3) is 0 Å². The van der Waals surface area contributed by atoms with E-state index < -0.39 is 15.9 Å². The molecule has 0 aliphatic carbocycles. The molecule has 2 aromatic carbocycles. The van der Waals surface area contributed by atoms with E-state index in [1.54, 1.807) is 44.2 Å². The highest BCUT2D eigenvalue weighted by molar-refractivity contribution is 7.89. The first-order chi connectivity index (χ1) is 15.8.